The largest absolute Gasteiger partial charge is 0.383 e. The Bertz CT molecular complexity index is 80.2. The van der Waals surface area contributed by atoms with Crippen LogP contribution in [0.3, 0.4) is 0 Å². The molecule has 2 nitrogen and oxygen atoms in total. The van der Waals surface area contributed by atoms with E-state index in [0.29, 0.717) is 0 Å². The highest BCUT2D eigenvalue weighted by Crippen LogP contribution is 1.96. The second kappa shape index (κ2) is 4.88. The zero-order valence-electron chi connectivity index (χ0n) is 7.53. The van der Waals surface area contributed by atoms with Crippen molar-refractivity contribution in [1.82, 2.24) is 5.32 Å². The van der Waals surface area contributed by atoms with Gasteiger partial charge in [0, 0.05) is 13.7 Å². The molecule has 0 heterocycles. The topological polar surface area (TPSA) is 21.3 Å². The maximum Gasteiger partial charge on any atom is 0.0595 e. The molecule has 0 fully saturated rings. The molecule has 10 heavy (non-hydrogen) atoms. The van der Waals surface area contributed by atoms with Gasteiger partial charge in [-0.05, 0) is 6.17 Å². The average Bonchev–Trinajstić information content (AvgIpc) is 1.78. The molecule has 1 N–H and O–H groups in total. The molecule has 0 atom stereocenters. The van der Waals surface area contributed by atoms with E-state index in [9.17, 15) is 0 Å². The van der Waals surface area contributed by atoms with Crippen LogP contribution in [0, 0.1) is 0 Å². The van der Waals surface area contributed by atoms with Crippen molar-refractivity contribution in [3.05, 3.63) is 0 Å². The first kappa shape index (κ1) is 10.1. The van der Waals surface area contributed by atoms with Crippen molar-refractivity contribution >= 4 is 8.07 Å². The summed E-state index contributed by atoms with van der Waals surface area (Å²) in [5, 5.41) is 3.36. The molecule has 0 aliphatic heterocycles. The average molecular weight is 161 g/mol. The monoisotopic (exact) mass is 161 g/mol. The van der Waals surface area contributed by atoms with Crippen molar-refractivity contribution in [2.75, 3.05) is 26.4 Å². The molecule has 0 aliphatic rings. The minimum absolute atomic E-state index is 0.824. The highest BCUT2D eigenvalue weighted by molar-refractivity contribution is 6.76. The molecule has 0 saturated carbocycles. The quantitative estimate of drug-likeness (QED) is 0.481. The van der Waals surface area contributed by atoms with Crippen LogP contribution in [0.15, 0.2) is 0 Å². The van der Waals surface area contributed by atoms with Crippen molar-refractivity contribution in [3.8, 4) is 0 Å². The number of rotatable bonds is 5. The van der Waals surface area contributed by atoms with Gasteiger partial charge in [-0.3, -0.25) is 0 Å². The second-order valence-electron chi connectivity index (χ2n) is 3.73. The zero-order valence-corrected chi connectivity index (χ0v) is 8.53. The molecule has 3 heteroatoms. The van der Waals surface area contributed by atoms with Gasteiger partial charge in [0.1, 0.15) is 0 Å². The van der Waals surface area contributed by atoms with Gasteiger partial charge in [0.15, 0.2) is 0 Å². The van der Waals surface area contributed by atoms with Crippen LogP contribution in [-0.4, -0.2) is 34.5 Å². The van der Waals surface area contributed by atoms with Crippen molar-refractivity contribution in [2.45, 2.75) is 19.6 Å². The fourth-order valence-electron chi connectivity index (χ4n) is 0.638. The Morgan fingerprint density at radius 1 is 1.30 bits per heavy atom. The van der Waals surface area contributed by atoms with E-state index in [4.69, 9.17) is 4.74 Å². The van der Waals surface area contributed by atoms with Crippen LogP contribution < -0.4 is 5.32 Å². The smallest absolute Gasteiger partial charge is 0.0595 e. The molecule has 62 valence electrons. The summed E-state index contributed by atoms with van der Waals surface area (Å²) in [6.45, 7) is 8.87. The predicted octanol–water partition coefficient (Wildman–Crippen LogP) is 1.10. The number of ether oxygens (including phenoxy) is 1. The molecule has 0 radical (unpaired) electrons. The van der Waals surface area contributed by atoms with Crippen LogP contribution in [-0.2, 0) is 4.74 Å². The lowest BCUT2D eigenvalue weighted by molar-refractivity contribution is 0.201. The van der Waals surface area contributed by atoms with E-state index in [-0.39, 0.29) is 0 Å². The molecule has 0 aromatic rings. The fourth-order valence-corrected chi connectivity index (χ4v) is 1.56. The third kappa shape index (κ3) is 8.14. The standard InChI is InChI=1S/C7H19NOSi/c1-9-6-5-8-7-10(2,3)4/h8H,5-7H2,1-4H3. The van der Waals surface area contributed by atoms with E-state index in [1.807, 2.05) is 0 Å². The first-order valence-corrected chi connectivity index (χ1v) is 7.46. The second-order valence-corrected chi connectivity index (χ2v) is 9.21. The maximum absolute atomic E-state index is 4.91. The van der Waals surface area contributed by atoms with Gasteiger partial charge in [-0.25, -0.2) is 0 Å². The van der Waals surface area contributed by atoms with Gasteiger partial charge in [-0.15, -0.1) is 0 Å². The molecule has 0 aromatic carbocycles. The normalized spacial score (nSPS) is 12.0. The number of nitrogens with one attached hydrogen (secondary N) is 1. The Balaban J connectivity index is 3.04. The Morgan fingerprint density at radius 3 is 2.30 bits per heavy atom. The Labute approximate surface area is 65.0 Å². The van der Waals surface area contributed by atoms with Crippen molar-refractivity contribution in [2.24, 2.45) is 0 Å². The summed E-state index contributed by atoms with van der Waals surface area (Å²) in [5.74, 6) is 0. The van der Waals surface area contributed by atoms with E-state index in [0.717, 1.165) is 13.2 Å². The van der Waals surface area contributed by atoms with Crippen LogP contribution in [0.4, 0.5) is 0 Å². The van der Waals surface area contributed by atoms with E-state index >= 15 is 0 Å². The van der Waals surface area contributed by atoms with Gasteiger partial charge in [-0.1, -0.05) is 19.6 Å². The summed E-state index contributed by atoms with van der Waals surface area (Å²) in [5.41, 5.74) is 0. The summed E-state index contributed by atoms with van der Waals surface area (Å²) in [4.78, 5) is 0. The van der Waals surface area contributed by atoms with Gasteiger partial charge < -0.3 is 10.1 Å². The van der Waals surface area contributed by atoms with Gasteiger partial charge in [0.05, 0.1) is 14.7 Å². The van der Waals surface area contributed by atoms with E-state index in [2.05, 4.69) is 25.0 Å². The van der Waals surface area contributed by atoms with Crippen LogP contribution in [0.5, 0.6) is 0 Å². The summed E-state index contributed by atoms with van der Waals surface area (Å²) >= 11 is 0. The van der Waals surface area contributed by atoms with E-state index < -0.39 is 8.07 Å². The molecule has 0 unspecified atom stereocenters. The van der Waals surface area contributed by atoms with E-state index in [1.54, 1.807) is 7.11 Å². The number of methoxy groups -OCH3 is 1. The fraction of sp³-hybridized carbons (Fsp3) is 1.00. The lowest BCUT2D eigenvalue weighted by Crippen LogP contribution is -2.37. The molecular formula is C7H19NOSi. The van der Waals surface area contributed by atoms with Gasteiger partial charge >= 0.3 is 0 Å². The highest BCUT2D eigenvalue weighted by Gasteiger charge is 2.10. The zero-order chi connectivity index (χ0) is 8.04. The molecule has 0 rings (SSSR count). The molecule has 0 bridgehead atoms. The summed E-state index contributed by atoms with van der Waals surface area (Å²) in [6.07, 6.45) is 1.19. The lowest BCUT2D eigenvalue weighted by atomic mass is 10.7. The highest BCUT2D eigenvalue weighted by atomic mass is 28.3. The molecule has 0 spiro atoms. The number of hydrogen-bond donors (Lipinski definition) is 1. The van der Waals surface area contributed by atoms with Crippen LogP contribution in [0.2, 0.25) is 19.6 Å². The minimum Gasteiger partial charge on any atom is -0.383 e. The Morgan fingerprint density at radius 2 is 1.90 bits per heavy atom. The Hall–Kier alpha value is 0.137. The SMILES string of the molecule is COCCNC[Si](C)(C)C. The minimum atomic E-state index is -0.874. The third-order valence-corrected chi connectivity index (χ3v) is 2.45. The molecule has 0 aliphatic carbocycles. The summed E-state index contributed by atoms with van der Waals surface area (Å²) in [7, 11) is 0.858. The summed E-state index contributed by atoms with van der Waals surface area (Å²) in [6, 6.07) is 0. The molecule has 0 aromatic heterocycles. The van der Waals surface area contributed by atoms with Crippen LogP contribution in [0.25, 0.3) is 0 Å². The van der Waals surface area contributed by atoms with Crippen molar-refractivity contribution in [1.29, 1.82) is 0 Å². The van der Waals surface area contributed by atoms with Crippen LogP contribution in [0.1, 0.15) is 0 Å². The third-order valence-electron chi connectivity index (χ3n) is 1.14. The van der Waals surface area contributed by atoms with Crippen LogP contribution >= 0.6 is 0 Å². The lowest BCUT2D eigenvalue weighted by Gasteiger charge is -2.15. The summed E-state index contributed by atoms with van der Waals surface area (Å²) < 4.78 is 4.91. The molecule has 0 amide bonds. The first-order chi connectivity index (χ1) is 4.56. The molecular weight excluding hydrogens is 142 g/mol. The predicted molar refractivity (Wildman–Crippen MR) is 48.1 cm³/mol. The maximum atomic E-state index is 4.91. The van der Waals surface area contributed by atoms with Crippen molar-refractivity contribution < 1.29 is 4.74 Å². The number of hydrogen-bond acceptors (Lipinski definition) is 2. The Kier molecular flexibility index (Phi) is 4.94. The first-order valence-electron chi connectivity index (χ1n) is 3.76. The van der Waals surface area contributed by atoms with E-state index in [1.165, 1.54) is 6.17 Å². The van der Waals surface area contributed by atoms with Gasteiger partial charge in [0.25, 0.3) is 0 Å². The van der Waals surface area contributed by atoms with Crippen molar-refractivity contribution in [3.63, 3.8) is 0 Å². The van der Waals surface area contributed by atoms with Gasteiger partial charge in [0.2, 0.25) is 0 Å². The molecule has 0 saturated heterocycles. The van der Waals surface area contributed by atoms with Gasteiger partial charge in [-0.2, -0.15) is 0 Å².